The molecule has 2 aromatic heterocycles. The topological polar surface area (TPSA) is 92.2 Å². The molecule has 6 rings (SSSR count). The Balaban J connectivity index is 1.33. The number of hydrogen-bond acceptors (Lipinski definition) is 7. The number of aromatic amines is 1. The van der Waals surface area contributed by atoms with Gasteiger partial charge in [-0.15, -0.1) is 5.10 Å². The molecule has 9 heteroatoms. The van der Waals surface area contributed by atoms with E-state index in [0.717, 1.165) is 69.5 Å². The van der Waals surface area contributed by atoms with E-state index in [1.165, 1.54) is 11.1 Å². The highest BCUT2D eigenvalue weighted by molar-refractivity contribution is 5.80. The molecule has 38 heavy (non-hydrogen) atoms. The van der Waals surface area contributed by atoms with E-state index in [2.05, 4.69) is 79.7 Å². The summed E-state index contributed by atoms with van der Waals surface area (Å²) in [6.45, 7) is 7.89. The van der Waals surface area contributed by atoms with Crippen LogP contribution in [0.2, 0.25) is 0 Å². The molecule has 198 valence electrons. The van der Waals surface area contributed by atoms with Crippen molar-refractivity contribution >= 4 is 10.9 Å². The molecule has 0 amide bonds. The molecule has 4 heterocycles. The Morgan fingerprint density at radius 3 is 2.66 bits per heavy atom. The lowest BCUT2D eigenvalue weighted by atomic mass is 10.0. The number of pyridine rings is 1. The molecule has 2 aliphatic rings. The van der Waals surface area contributed by atoms with Crippen LogP contribution < -0.4 is 5.56 Å². The Kier molecular flexibility index (Phi) is 7.31. The molecule has 2 aliphatic heterocycles. The van der Waals surface area contributed by atoms with Crippen molar-refractivity contribution in [1.82, 2.24) is 35.0 Å². The van der Waals surface area contributed by atoms with Crippen molar-refractivity contribution in [2.75, 3.05) is 32.8 Å². The lowest BCUT2D eigenvalue weighted by Gasteiger charge is -2.38. The normalized spacial score (nSPS) is 19.8. The van der Waals surface area contributed by atoms with Gasteiger partial charge in [0.05, 0.1) is 12.6 Å². The zero-order valence-electron chi connectivity index (χ0n) is 21.9. The third kappa shape index (κ3) is 5.27. The molecule has 0 bridgehead atoms. The van der Waals surface area contributed by atoms with Gasteiger partial charge in [0.15, 0.2) is 5.82 Å². The summed E-state index contributed by atoms with van der Waals surface area (Å²) in [7, 11) is 0. The van der Waals surface area contributed by atoms with Crippen LogP contribution in [0.25, 0.3) is 10.9 Å². The predicted octanol–water partition coefficient (Wildman–Crippen LogP) is 3.16. The second kappa shape index (κ2) is 11.1. The van der Waals surface area contributed by atoms with E-state index >= 15 is 0 Å². The molecule has 0 spiro atoms. The van der Waals surface area contributed by atoms with Crippen LogP contribution in [-0.2, 0) is 24.2 Å². The van der Waals surface area contributed by atoms with Gasteiger partial charge in [0, 0.05) is 50.4 Å². The minimum Gasteiger partial charge on any atom is -0.376 e. The highest BCUT2D eigenvalue weighted by Gasteiger charge is 2.33. The number of ether oxygens (including phenoxy) is 1. The summed E-state index contributed by atoms with van der Waals surface area (Å²) in [5.74, 6) is 0.702. The van der Waals surface area contributed by atoms with Gasteiger partial charge in [0.1, 0.15) is 6.04 Å². The second-order valence-corrected chi connectivity index (χ2v) is 10.4. The maximum atomic E-state index is 13.5. The number of aryl methyl sites for hydroxylation is 1. The number of fused-ring (bicyclic) bond motifs is 1. The van der Waals surface area contributed by atoms with E-state index in [4.69, 9.17) is 4.74 Å². The summed E-state index contributed by atoms with van der Waals surface area (Å²) in [4.78, 5) is 21.5. The van der Waals surface area contributed by atoms with Crippen molar-refractivity contribution in [3.63, 3.8) is 0 Å². The molecule has 0 radical (unpaired) electrons. The van der Waals surface area contributed by atoms with E-state index in [-0.39, 0.29) is 17.7 Å². The quantitative estimate of drug-likeness (QED) is 0.387. The fourth-order valence-electron chi connectivity index (χ4n) is 5.74. The number of hydrogen-bond donors (Lipinski definition) is 1. The second-order valence-electron chi connectivity index (χ2n) is 10.4. The van der Waals surface area contributed by atoms with Gasteiger partial charge in [-0.2, -0.15) is 0 Å². The largest absolute Gasteiger partial charge is 0.376 e. The Morgan fingerprint density at radius 1 is 1.05 bits per heavy atom. The molecule has 0 aliphatic carbocycles. The van der Waals surface area contributed by atoms with Crippen LogP contribution in [0.5, 0.6) is 0 Å². The lowest BCUT2D eigenvalue weighted by molar-refractivity contribution is 0.0840. The SMILES string of the molecule is CCc1ccc2[nH]c(=O)c([C@H](c3nnnn3C[C@@H]3CCCO3)N3CCN(Cc4ccccc4)CC3)cc2c1. The molecule has 2 saturated heterocycles. The average Bonchev–Trinajstić information content (AvgIpc) is 3.63. The van der Waals surface area contributed by atoms with Gasteiger partial charge in [-0.05, 0) is 64.4 Å². The van der Waals surface area contributed by atoms with Crippen molar-refractivity contribution in [3.05, 3.63) is 87.5 Å². The van der Waals surface area contributed by atoms with Crippen LogP contribution in [0, 0.1) is 0 Å². The molecule has 2 aromatic carbocycles. The minimum atomic E-state index is -0.344. The number of nitrogens with one attached hydrogen (secondary N) is 1. The monoisotopic (exact) mass is 513 g/mol. The summed E-state index contributed by atoms with van der Waals surface area (Å²) < 4.78 is 7.74. The van der Waals surface area contributed by atoms with Gasteiger partial charge in [-0.1, -0.05) is 43.3 Å². The van der Waals surface area contributed by atoms with Gasteiger partial charge in [-0.25, -0.2) is 4.68 Å². The molecule has 4 aromatic rings. The summed E-state index contributed by atoms with van der Waals surface area (Å²) in [5, 5.41) is 13.9. The Labute approximate surface area is 222 Å². The maximum Gasteiger partial charge on any atom is 0.253 e. The van der Waals surface area contributed by atoms with Crippen molar-refractivity contribution in [2.24, 2.45) is 0 Å². The Morgan fingerprint density at radius 2 is 1.89 bits per heavy atom. The molecule has 2 atom stereocenters. The van der Waals surface area contributed by atoms with E-state index in [0.29, 0.717) is 17.9 Å². The third-order valence-electron chi connectivity index (χ3n) is 7.87. The summed E-state index contributed by atoms with van der Waals surface area (Å²) in [5.41, 5.74) is 4.00. The number of H-pyrrole nitrogens is 1. The lowest BCUT2D eigenvalue weighted by Crippen LogP contribution is -2.48. The molecule has 2 fully saturated rings. The van der Waals surface area contributed by atoms with Gasteiger partial charge < -0.3 is 9.72 Å². The molecule has 0 unspecified atom stereocenters. The first-order valence-electron chi connectivity index (χ1n) is 13.7. The van der Waals surface area contributed by atoms with Crippen LogP contribution in [0.15, 0.2) is 59.4 Å². The van der Waals surface area contributed by atoms with Gasteiger partial charge in [0.25, 0.3) is 5.56 Å². The molecule has 9 nitrogen and oxygen atoms in total. The number of tetrazole rings is 1. The van der Waals surface area contributed by atoms with Crippen LogP contribution in [0.4, 0.5) is 0 Å². The number of benzene rings is 2. The smallest absolute Gasteiger partial charge is 0.253 e. The zero-order valence-corrected chi connectivity index (χ0v) is 21.9. The fraction of sp³-hybridized carbons (Fsp3) is 0.448. The van der Waals surface area contributed by atoms with Crippen LogP contribution >= 0.6 is 0 Å². The molecular weight excluding hydrogens is 478 g/mol. The van der Waals surface area contributed by atoms with Crippen molar-refractivity contribution in [2.45, 2.75) is 51.4 Å². The van der Waals surface area contributed by atoms with E-state index < -0.39 is 0 Å². The number of nitrogens with zero attached hydrogens (tertiary/aromatic N) is 6. The standard InChI is InChI=1S/C29H35N7O2/c1-2-21-10-11-26-23(17-21)18-25(29(37)30-26)27(28-31-32-33-36(28)20-24-9-6-16-38-24)35-14-12-34(13-15-35)19-22-7-4-3-5-8-22/h3-5,7-8,10-11,17-18,24,27H,2,6,9,12-16,19-20H2,1H3,(H,30,37)/t24-,27+/m0/s1. The van der Waals surface area contributed by atoms with Crippen LogP contribution in [0.1, 0.15) is 48.3 Å². The van der Waals surface area contributed by atoms with Gasteiger partial charge in [0.2, 0.25) is 0 Å². The average molecular weight is 514 g/mol. The first-order chi connectivity index (χ1) is 18.7. The highest BCUT2D eigenvalue weighted by atomic mass is 16.5. The predicted molar refractivity (Wildman–Crippen MR) is 146 cm³/mol. The van der Waals surface area contributed by atoms with Crippen molar-refractivity contribution < 1.29 is 4.74 Å². The first kappa shape index (κ1) is 24.9. The summed E-state index contributed by atoms with van der Waals surface area (Å²) >= 11 is 0. The van der Waals surface area contributed by atoms with E-state index in [1.54, 1.807) is 0 Å². The van der Waals surface area contributed by atoms with E-state index in [9.17, 15) is 4.79 Å². The number of rotatable bonds is 8. The van der Waals surface area contributed by atoms with Crippen molar-refractivity contribution in [3.8, 4) is 0 Å². The third-order valence-corrected chi connectivity index (χ3v) is 7.87. The van der Waals surface area contributed by atoms with Crippen molar-refractivity contribution in [1.29, 1.82) is 0 Å². The fourth-order valence-corrected chi connectivity index (χ4v) is 5.74. The van der Waals surface area contributed by atoms with Gasteiger partial charge in [-0.3, -0.25) is 14.6 Å². The maximum absolute atomic E-state index is 13.5. The Bertz CT molecular complexity index is 1420. The Hall–Kier alpha value is -3.40. The van der Waals surface area contributed by atoms with E-state index in [1.807, 2.05) is 16.8 Å². The highest BCUT2D eigenvalue weighted by Crippen LogP contribution is 2.29. The molecular formula is C29H35N7O2. The number of aromatic nitrogens is 5. The van der Waals surface area contributed by atoms with Crippen LogP contribution in [-0.4, -0.2) is 73.9 Å². The number of piperazine rings is 1. The summed E-state index contributed by atoms with van der Waals surface area (Å²) in [6.07, 6.45) is 3.09. The van der Waals surface area contributed by atoms with Gasteiger partial charge >= 0.3 is 0 Å². The first-order valence-corrected chi connectivity index (χ1v) is 13.7. The summed E-state index contributed by atoms with van der Waals surface area (Å²) in [6, 6.07) is 18.5. The minimum absolute atomic E-state index is 0.0925. The molecule has 1 N–H and O–H groups in total. The van der Waals surface area contributed by atoms with Crippen LogP contribution in [0.3, 0.4) is 0 Å². The molecule has 0 saturated carbocycles. The zero-order chi connectivity index (χ0) is 25.9.